The van der Waals surface area contributed by atoms with E-state index < -0.39 is 6.10 Å². The number of hydrogen-bond donors (Lipinski definition) is 1. The maximum atomic E-state index is 13.1. The maximum absolute atomic E-state index is 13.1. The van der Waals surface area contributed by atoms with E-state index in [1.165, 1.54) is 17.7 Å². The summed E-state index contributed by atoms with van der Waals surface area (Å²) >= 11 is 1.57. The SMILES string of the molecule is Cc1cccc(SCC(O)c2cc3cc(F)ccc3o2)c1. The Morgan fingerprint density at radius 2 is 2.05 bits per heavy atom. The zero-order valence-corrected chi connectivity index (χ0v) is 12.4. The second kappa shape index (κ2) is 5.92. The molecule has 0 aliphatic heterocycles. The van der Waals surface area contributed by atoms with Crippen molar-refractivity contribution in [3.63, 3.8) is 0 Å². The molecule has 1 heterocycles. The first-order chi connectivity index (χ1) is 10.1. The Morgan fingerprint density at radius 3 is 2.86 bits per heavy atom. The first-order valence-corrected chi connectivity index (χ1v) is 7.67. The van der Waals surface area contributed by atoms with E-state index in [0.717, 1.165) is 4.90 Å². The predicted octanol–water partition coefficient (Wildman–Crippen LogP) is 4.71. The molecule has 108 valence electrons. The molecule has 0 radical (unpaired) electrons. The van der Waals surface area contributed by atoms with Crippen LogP contribution in [-0.4, -0.2) is 10.9 Å². The number of hydrogen-bond acceptors (Lipinski definition) is 3. The molecule has 1 aromatic heterocycles. The molecule has 21 heavy (non-hydrogen) atoms. The van der Waals surface area contributed by atoms with Crippen LogP contribution in [-0.2, 0) is 0 Å². The van der Waals surface area contributed by atoms with E-state index in [-0.39, 0.29) is 5.82 Å². The van der Waals surface area contributed by atoms with Crippen molar-refractivity contribution < 1.29 is 13.9 Å². The van der Waals surface area contributed by atoms with Crippen LogP contribution in [0.15, 0.2) is 57.8 Å². The van der Waals surface area contributed by atoms with E-state index >= 15 is 0 Å². The number of thioether (sulfide) groups is 1. The molecule has 0 bridgehead atoms. The van der Waals surface area contributed by atoms with E-state index in [2.05, 4.69) is 6.07 Å². The molecule has 0 spiro atoms. The summed E-state index contributed by atoms with van der Waals surface area (Å²) in [5, 5.41) is 10.9. The molecule has 3 rings (SSSR count). The van der Waals surface area contributed by atoms with Gasteiger partial charge < -0.3 is 9.52 Å². The summed E-state index contributed by atoms with van der Waals surface area (Å²) < 4.78 is 18.7. The summed E-state index contributed by atoms with van der Waals surface area (Å²) in [6.45, 7) is 2.04. The van der Waals surface area contributed by atoms with Gasteiger partial charge >= 0.3 is 0 Å². The molecule has 4 heteroatoms. The fourth-order valence-corrected chi connectivity index (χ4v) is 3.12. The van der Waals surface area contributed by atoms with E-state index in [1.54, 1.807) is 23.9 Å². The summed E-state index contributed by atoms with van der Waals surface area (Å²) in [5.41, 5.74) is 1.78. The van der Waals surface area contributed by atoms with Gasteiger partial charge in [-0.25, -0.2) is 4.39 Å². The number of furan rings is 1. The van der Waals surface area contributed by atoms with Gasteiger partial charge in [-0.2, -0.15) is 0 Å². The number of rotatable bonds is 4. The number of fused-ring (bicyclic) bond motifs is 1. The lowest BCUT2D eigenvalue weighted by Crippen LogP contribution is -1.98. The van der Waals surface area contributed by atoms with Gasteiger partial charge in [-0.15, -0.1) is 11.8 Å². The van der Waals surface area contributed by atoms with E-state index in [0.29, 0.717) is 22.5 Å². The molecule has 0 saturated carbocycles. The molecule has 3 aromatic rings. The lowest BCUT2D eigenvalue weighted by atomic mass is 10.2. The van der Waals surface area contributed by atoms with Gasteiger partial charge in [0.2, 0.25) is 0 Å². The number of aryl methyl sites for hydroxylation is 1. The average Bonchev–Trinajstić information content (AvgIpc) is 2.88. The molecule has 1 unspecified atom stereocenters. The quantitative estimate of drug-likeness (QED) is 0.709. The maximum Gasteiger partial charge on any atom is 0.134 e. The number of aliphatic hydroxyl groups is 1. The monoisotopic (exact) mass is 302 g/mol. The van der Waals surface area contributed by atoms with Crippen molar-refractivity contribution >= 4 is 22.7 Å². The Bertz CT molecular complexity index is 766. The number of halogens is 1. The molecule has 1 N–H and O–H groups in total. The predicted molar refractivity (Wildman–Crippen MR) is 83.0 cm³/mol. The highest BCUT2D eigenvalue weighted by molar-refractivity contribution is 7.99. The van der Waals surface area contributed by atoms with Crippen molar-refractivity contribution in [2.75, 3.05) is 5.75 Å². The van der Waals surface area contributed by atoms with Gasteiger partial charge in [-0.05, 0) is 43.3 Å². The van der Waals surface area contributed by atoms with Crippen LogP contribution in [0.1, 0.15) is 17.4 Å². The Morgan fingerprint density at radius 1 is 1.19 bits per heavy atom. The highest BCUT2D eigenvalue weighted by Crippen LogP contribution is 2.29. The fourth-order valence-electron chi connectivity index (χ4n) is 2.16. The number of aliphatic hydroxyl groups excluding tert-OH is 1. The minimum atomic E-state index is -0.717. The largest absolute Gasteiger partial charge is 0.458 e. The van der Waals surface area contributed by atoms with Crippen molar-refractivity contribution in [1.82, 2.24) is 0 Å². The van der Waals surface area contributed by atoms with Crippen LogP contribution >= 0.6 is 11.8 Å². The Labute approximate surface area is 126 Å². The first-order valence-electron chi connectivity index (χ1n) is 6.68. The van der Waals surface area contributed by atoms with Gasteiger partial charge in [-0.1, -0.05) is 17.7 Å². The molecule has 0 saturated heterocycles. The summed E-state index contributed by atoms with van der Waals surface area (Å²) in [4.78, 5) is 1.11. The van der Waals surface area contributed by atoms with E-state index in [1.807, 2.05) is 25.1 Å². The first kappa shape index (κ1) is 14.2. The Balaban J connectivity index is 1.73. The topological polar surface area (TPSA) is 33.4 Å². The third-order valence-electron chi connectivity index (χ3n) is 3.22. The zero-order chi connectivity index (χ0) is 14.8. The molecule has 0 amide bonds. The van der Waals surface area contributed by atoms with Crippen LogP contribution in [0, 0.1) is 12.7 Å². The molecular formula is C17H15FO2S. The second-order valence-electron chi connectivity index (χ2n) is 4.97. The molecule has 0 fully saturated rings. The summed E-state index contributed by atoms with van der Waals surface area (Å²) in [5.74, 6) is 0.653. The van der Waals surface area contributed by atoms with Crippen LogP contribution in [0.2, 0.25) is 0 Å². The number of benzene rings is 2. The molecule has 2 nitrogen and oxygen atoms in total. The molecule has 1 atom stereocenters. The Kier molecular flexibility index (Phi) is 3.99. The van der Waals surface area contributed by atoms with Crippen LogP contribution in [0.5, 0.6) is 0 Å². The van der Waals surface area contributed by atoms with Crippen molar-refractivity contribution in [2.45, 2.75) is 17.9 Å². The van der Waals surface area contributed by atoms with Crippen molar-refractivity contribution in [2.24, 2.45) is 0 Å². The lowest BCUT2D eigenvalue weighted by molar-refractivity contribution is 0.177. The molecule has 2 aromatic carbocycles. The van der Waals surface area contributed by atoms with Gasteiger partial charge in [0.15, 0.2) is 0 Å². The lowest BCUT2D eigenvalue weighted by Gasteiger charge is -2.07. The third kappa shape index (κ3) is 3.28. The van der Waals surface area contributed by atoms with Crippen molar-refractivity contribution in [3.8, 4) is 0 Å². The van der Waals surface area contributed by atoms with Gasteiger partial charge in [0.05, 0.1) is 0 Å². The molecule has 0 aliphatic carbocycles. The summed E-state index contributed by atoms with van der Waals surface area (Å²) in [6.07, 6.45) is -0.717. The summed E-state index contributed by atoms with van der Waals surface area (Å²) in [6, 6.07) is 14.1. The van der Waals surface area contributed by atoms with Crippen molar-refractivity contribution in [1.29, 1.82) is 0 Å². The van der Waals surface area contributed by atoms with E-state index in [4.69, 9.17) is 4.42 Å². The van der Waals surface area contributed by atoms with Crippen molar-refractivity contribution in [3.05, 3.63) is 65.7 Å². The second-order valence-corrected chi connectivity index (χ2v) is 6.07. The normalized spacial score (nSPS) is 12.7. The van der Waals surface area contributed by atoms with Crippen LogP contribution in [0.25, 0.3) is 11.0 Å². The minimum absolute atomic E-state index is 0.307. The Hall–Kier alpha value is -1.78. The standard InChI is InChI=1S/C17H15FO2S/c1-11-3-2-4-14(7-11)21-10-15(19)17-9-12-8-13(18)5-6-16(12)20-17/h2-9,15,19H,10H2,1H3. The average molecular weight is 302 g/mol. The summed E-state index contributed by atoms with van der Waals surface area (Å²) in [7, 11) is 0. The highest BCUT2D eigenvalue weighted by Gasteiger charge is 2.14. The molecular weight excluding hydrogens is 287 g/mol. The third-order valence-corrected chi connectivity index (χ3v) is 4.29. The molecule has 0 aliphatic rings. The highest BCUT2D eigenvalue weighted by atomic mass is 32.2. The van der Waals surface area contributed by atoms with Crippen LogP contribution in [0.4, 0.5) is 4.39 Å². The zero-order valence-electron chi connectivity index (χ0n) is 11.5. The fraction of sp³-hybridized carbons (Fsp3) is 0.176. The van der Waals surface area contributed by atoms with Gasteiger partial charge in [0.25, 0.3) is 0 Å². The van der Waals surface area contributed by atoms with Crippen LogP contribution < -0.4 is 0 Å². The minimum Gasteiger partial charge on any atom is -0.458 e. The van der Waals surface area contributed by atoms with E-state index in [9.17, 15) is 9.50 Å². The van der Waals surface area contributed by atoms with Gasteiger partial charge in [0.1, 0.15) is 23.3 Å². The van der Waals surface area contributed by atoms with Gasteiger partial charge in [-0.3, -0.25) is 0 Å². The van der Waals surface area contributed by atoms with Gasteiger partial charge in [0, 0.05) is 16.0 Å². The van der Waals surface area contributed by atoms with Crippen LogP contribution in [0.3, 0.4) is 0 Å². The smallest absolute Gasteiger partial charge is 0.134 e.